The summed E-state index contributed by atoms with van der Waals surface area (Å²) in [5.41, 5.74) is 0.790. The van der Waals surface area contributed by atoms with Crippen molar-refractivity contribution in [2.45, 2.75) is 12.8 Å². The Kier molecular flexibility index (Phi) is 2.89. The van der Waals surface area contributed by atoms with Gasteiger partial charge in [0.2, 0.25) is 11.7 Å². The van der Waals surface area contributed by atoms with Crippen LogP contribution in [0.3, 0.4) is 0 Å². The van der Waals surface area contributed by atoms with Gasteiger partial charge in [-0.25, -0.2) is 9.97 Å². The fraction of sp³-hybridized carbons (Fsp3) is 0.455. The number of ether oxygens (including phenoxy) is 1. The van der Waals surface area contributed by atoms with Crippen molar-refractivity contribution in [2.24, 2.45) is 5.92 Å². The predicted octanol–water partition coefficient (Wildman–Crippen LogP) is 0.983. The molecular weight excluding hydrogens is 236 g/mol. The maximum absolute atomic E-state index is 12.0. The Bertz CT molecular complexity index is 562. The van der Waals surface area contributed by atoms with Gasteiger partial charge in [0.25, 0.3) is 5.71 Å². The molecule has 94 valence electrons. The molecule has 7 nitrogen and oxygen atoms in total. The van der Waals surface area contributed by atoms with Gasteiger partial charge >= 0.3 is 0 Å². The van der Waals surface area contributed by atoms with Crippen LogP contribution in [0.4, 0.5) is 5.82 Å². The second-order valence-electron chi connectivity index (χ2n) is 4.12. The van der Waals surface area contributed by atoms with E-state index in [9.17, 15) is 4.79 Å². The van der Waals surface area contributed by atoms with Gasteiger partial charge in [-0.3, -0.25) is 4.79 Å². The zero-order valence-corrected chi connectivity index (χ0v) is 9.63. The monoisotopic (exact) mass is 248 g/mol. The number of fused-ring (bicyclic) bond motifs is 1. The molecule has 1 saturated heterocycles. The van der Waals surface area contributed by atoms with Crippen LogP contribution in [0.1, 0.15) is 12.8 Å². The molecule has 0 aromatic carbocycles. The lowest BCUT2D eigenvalue weighted by molar-refractivity contribution is -0.122. The van der Waals surface area contributed by atoms with Crippen LogP contribution in [0.25, 0.3) is 11.2 Å². The van der Waals surface area contributed by atoms with Crippen LogP contribution in [-0.2, 0) is 9.53 Å². The molecule has 0 spiro atoms. The summed E-state index contributed by atoms with van der Waals surface area (Å²) >= 11 is 0. The first-order valence-corrected chi connectivity index (χ1v) is 5.79. The molecule has 0 atom stereocenters. The molecule has 7 heteroatoms. The van der Waals surface area contributed by atoms with E-state index in [-0.39, 0.29) is 11.8 Å². The van der Waals surface area contributed by atoms with Crippen LogP contribution in [0.15, 0.2) is 16.9 Å². The molecule has 3 rings (SSSR count). The maximum Gasteiger partial charge on any atom is 0.278 e. The number of hydrogen-bond acceptors (Lipinski definition) is 6. The van der Waals surface area contributed by atoms with E-state index in [0.717, 1.165) is 12.8 Å². The number of carbonyl (C=O) groups is 1. The highest BCUT2D eigenvalue weighted by Gasteiger charge is 2.23. The van der Waals surface area contributed by atoms with Crippen molar-refractivity contribution >= 4 is 23.0 Å². The smallest absolute Gasteiger partial charge is 0.278 e. The summed E-state index contributed by atoms with van der Waals surface area (Å²) in [6.45, 7) is 1.24. The Labute approximate surface area is 103 Å². The second-order valence-corrected chi connectivity index (χ2v) is 4.12. The molecule has 1 aliphatic heterocycles. The fourth-order valence-corrected chi connectivity index (χ4v) is 1.95. The number of carbonyl (C=O) groups excluding carboxylic acids is 1. The molecule has 0 aliphatic carbocycles. The summed E-state index contributed by atoms with van der Waals surface area (Å²) in [7, 11) is 0. The lowest BCUT2D eigenvalue weighted by Crippen LogP contribution is -2.28. The Hall–Kier alpha value is -2.02. The van der Waals surface area contributed by atoms with Crippen molar-refractivity contribution in [1.29, 1.82) is 0 Å². The summed E-state index contributed by atoms with van der Waals surface area (Å²) in [6, 6.07) is 0. The van der Waals surface area contributed by atoms with Crippen LogP contribution in [0.2, 0.25) is 0 Å². The predicted molar refractivity (Wildman–Crippen MR) is 61.8 cm³/mol. The SMILES string of the molecule is O=C(Nc1noc2nccnc12)C1CCOCC1. The Morgan fingerprint density at radius 1 is 1.28 bits per heavy atom. The van der Waals surface area contributed by atoms with Crippen LogP contribution < -0.4 is 5.32 Å². The van der Waals surface area contributed by atoms with Crippen molar-refractivity contribution in [1.82, 2.24) is 15.1 Å². The third-order valence-electron chi connectivity index (χ3n) is 2.95. The minimum atomic E-state index is -0.0702. The van der Waals surface area contributed by atoms with E-state index in [0.29, 0.717) is 30.3 Å². The van der Waals surface area contributed by atoms with Crippen molar-refractivity contribution in [3.63, 3.8) is 0 Å². The Morgan fingerprint density at radius 2 is 2.06 bits per heavy atom. The second kappa shape index (κ2) is 4.69. The molecule has 1 N–H and O–H groups in total. The van der Waals surface area contributed by atoms with E-state index in [4.69, 9.17) is 9.26 Å². The number of amides is 1. The highest BCUT2D eigenvalue weighted by molar-refractivity contribution is 5.97. The molecule has 1 amide bonds. The zero-order valence-electron chi connectivity index (χ0n) is 9.63. The number of aromatic nitrogens is 3. The summed E-state index contributed by atoms with van der Waals surface area (Å²) < 4.78 is 10.2. The molecule has 3 heterocycles. The molecule has 0 radical (unpaired) electrons. The van der Waals surface area contributed by atoms with Crippen LogP contribution in [0.5, 0.6) is 0 Å². The van der Waals surface area contributed by atoms with E-state index >= 15 is 0 Å². The van der Waals surface area contributed by atoms with Crippen molar-refractivity contribution < 1.29 is 14.1 Å². The van der Waals surface area contributed by atoms with Crippen LogP contribution >= 0.6 is 0 Å². The quantitative estimate of drug-likeness (QED) is 0.852. The van der Waals surface area contributed by atoms with Gasteiger partial charge in [-0.05, 0) is 12.8 Å². The highest BCUT2D eigenvalue weighted by atomic mass is 16.5. The average molecular weight is 248 g/mol. The first-order chi connectivity index (χ1) is 8.84. The first kappa shape index (κ1) is 11.1. The van der Waals surface area contributed by atoms with Crippen LogP contribution in [0, 0.1) is 5.92 Å². The summed E-state index contributed by atoms with van der Waals surface area (Å²) in [4.78, 5) is 20.1. The van der Waals surface area contributed by atoms with E-state index in [2.05, 4.69) is 20.4 Å². The van der Waals surface area contributed by atoms with Gasteiger partial charge < -0.3 is 14.6 Å². The van der Waals surface area contributed by atoms with Gasteiger partial charge in [-0.15, -0.1) is 0 Å². The van der Waals surface area contributed by atoms with Gasteiger partial charge in [-0.2, -0.15) is 0 Å². The van der Waals surface area contributed by atoms with E-state index in [1.165, 1.54) is 12.4 Å². The summed E-state index contributed by atoms with van der Waals surface area (Å²) in [6.07, 6.45) is 4.50. The van der Waals surface area contributed by atoms with Crippen molar-refractivity contribution in [3.8, 4) is 0 Å². The fourth-order valence-electron chi connectivity index (χ4n) is 1.95. The van der Waals surface area contributed by atoms with Gasteiger partial charge in [0, 0.05) is 31.5 Å². The number of rotatable bonds is 2. The van der Waals surface area contributed by atoms with Crippen LogP contribution in [-0.4, -0.2) is 34.2 Å². The van der Waals surface area contributed by atoms with Gasteiger partial charge in [0.15, 0.2) is 5.52 Å². The van der Waals surface area contributed by atoms with Gasteiger partial charge in [0.05, 0.1) is 0 Å². The molecule has 18 heavy (non-hydrogen) atoms. The van der Waals surface area contributed by atoms with E-state index in [1.54, 1.807) is 0 Å². The number of nitrogens with zero attached hydrogens (tertiary/aromatic N) is 3. The summed E-state index contributed by atoms with van der Waals surface area (Å²) in [5, 5.41) is 6.50. The topological polar surface area (TPSA) is 90.1 Å². The first-order valence-electron chi connectivity index (χ1n) is 5.79. The molecule has 0 saturated carbocycles. The molecule has 0 unspecified atom stereocenters. The minimum Gasteiger partial charge on any atom is -0.381 e. The lowest BCUT2D eigenvalue weighted by atomic mass is 9.99. The zero-order chi connectivity index (χ0) is 12.4. The molecule has 1 fully saturated rings. The number of nitrogens with one attached hydrogen (secondary N) is 1. The standard InChI is InChI=1S/C11H12N4O3/c16-10(7-1-5-17-6-2-7)14-9-8-11(18-15-9)13-4-3-12-8/h3-4,7H,1-2,5-6H2,(H,14,15,16). The Balaban J connectivity index is 1.77. The third kappa shape index (κ3) is 2.04. The molecule has 0 bridgehead atoms. The Morgan fingerprint density at radius 3 is 2.89 bits per heavy atom. The minimum absolute atomic E-state index is 0.0397. The number of hydrogen-bond donors (Lipinski definition) is 1. The van der Waals surface area contributed by atoms with Crippen molar-refractivity contribution in [3.05, 3.63) is 12.4 Å². The summed E-state index contributed by atoms with van der Waals surface area (Å²) in [5.74, 6) is 0.218. The average Bonchev–Trinajstić information content (AvgIpc) is 2.83. The normalized spacial score (nSPS) is 16.9. The lowest BCUT2D eigenvalue weighted by Gasteiger charge is -2.20. The van der Waals surface area contributed by atoms with Gasteiger partial charge in [-0.1, -0.05) is 5.16 Å². The van der Waals surface area contributed by atoms with E-state index in [1.807, 2.05) is 0 Å². The van der Waals surface area contributed by atoms with Crippen molar-refractivity contribution in [2.75, 3.05) is 18.5 Å². The molecule has 2 aromatic rings. The van der Waals surface area contributed by atoms with E-state index < -0.39 is 0 Å². The molecule has 2 aromatic heterocycles. The van der Waals surface area contributed by atoms with Gasteiger partial charge in [0.1, 0.15) is 0 Å². The number of anilines is 1. The largest absolute Gasteiger partial charge is 0.381 e. The highest BCUT2D eigenvalue weighted by Crippen LogP contribution is 2.21. The molecule has 1 aliphatic rings. The third-order valence-corrected chi connectivity index (χ3v) is 2.95. The maximum atomic E-state index is 12.0. The molecular formula is C11H12N4O3.